The lowest BCUT2D eigenvalue weighted by molar-refractivity contribution is -0.116. The van der Waals surface area contributed by atoms with E-state index < -0.39 is 0 Å². The van der Waals surface area contributed by atoms with Crippen LogP contribution in [0.4, 0.5) is 5.69 Å². The summed E-state index contributed by atoms with van der Waals surface area (Å²) in [5.41, 5.74) is 1.80. The zero-order valence-electron chi connectivity index (χ0n) is 13.4. The summed E-state index contributed by atoms with van der Waals surface area (Å²) in [7, 11) is 1.82. The predicted molar refractivity (Wildman–Crippen MR) is 95.1 cm³/mol. The predicted octanol–water partition coefficient (Wildman–Crippen LogP) is 3.69. The van der Waals surface area contributed by atoms with Crippen LogP contribution in [0.3, 0.4) is 0 Å². The first kappa shape index (κ1) is 16.3. The van der Waals surface area contributed by atoms with E-state index in [2.05, 4.69) is 15.0 Å². The first-order valence-electron chi connectivity index (χ1n) is 7.75. The highest BCUT2D eigenvalue weighted by Gasteiger charge is 2.17. The molecule has 124 valence electrons. The number of amides is 1. The lowest BCUT2D eigenvalue weighted by Crippen LogP contribution is -2.18. The van der Waals surface area contributed by atoms with Gasteiger partial charge in [0.2, 0.25) is 5.91 Å². The monoisotopic (exact) mass is 342 g/mol. The van der Waals surface area contributed by atoms with Gasteiger partial charge in [-0.2, -0.15) is 5.10 Å². The Kier molecular flexibility index (Phi) is 5.01. The average Bonchev–Trinajstić information content (AvgIpc) is 3.19. The van der Waals surface area contributed by atoms with E-state index in [-0.39, 0.29) is 11.8 Å². The van der Waals surface area contributed by atoms with Crippen molar-refractivity contribution in [1.29, 1.82) is 0 Å². The molecule has 24 heavy (non-hydrogen) atoms. The summed E-state index contributed by atoms with van der Waals surface area (Å²) in [6.45, 7) is 0.731. The van der Waals surface area contributed by atoms with Crippen LogP contribution >= 0.6 is 11.6 Å². The molecule has 0 unspecified atom stereocenters. The van der Waals surface area contributed by atoms with Crippen LogP contribution in [-0.2, 0) is 18.4 Å². The molecule has 0 aliphatic rings. The van der Waals surface area contributed by atoms with Gasteiger partial charge in [-0.15, -0.1) is 0 Å². The number of carbonyl (C=O) groups excluding carboxylic acids is 1. The number of nitrogens with one attached hydrogen (secondary N) is 1. The number of nitrogens with zero attached hydrogens (tertiary/aromatic N) is 3. The van der Waals surface area contributed by atoms with Gasteiger partial charge in [0.05, 0.1) is 11.9 Å². The molecule has 1 amide bonds. The van der Waals surface area contributed by atoms with Crippen molar-refractivity contribution in [3.8, 4) is 0 Å². The maximum Gasteiger partial charge on any atom is 0.225 e. The van der Waals surface area contributed by atoms with Crippen LogP contribution in [0.15, 0.2) is 61.2 Å². The molecule has 2 aromatic heterocycles. The molecule has 0 fully saturated rings. The minimum Gasteiger partial charge on any atom is -0.354 e. The third-order valence-corrected chi connectivity index (χ3v) is 4.11. The van der Waals surface area contributed by atoms with Gasteiger partial charge < -0.3 is 9.88 Å². The van der Waals surface area contributed by atoms with Crippen LogP contribution in [0.25, 0.3) is 0 Å². The van der Waals surface area contributed by atoms with Crippen molar-refractivity contribution in [3.05, 3.63) is 71.8 Å². The molecule has 1 aromatic carbocycles. The lowest BCUT2D eigenvalue weighted by atomic mass is 9.95. The number of aromatic nitrogens is 3. The molecule has 2 heterocycles. The van der Waals surface area contributed by atoms with Crippen LogP contribution in [0.5, 0.6) is 0 Å². The second-order valence-electron chi connectivity index (χ2n) is 5.78. The maximum atomic E-state index is 12.4. The fraction of sp³-hybridized carbons (Fsp3) is 0.222. The number of hydrogen-bond donors (Lipinski definition) is 1. The van der Waals surface area contributed by atoms with Crippen molar-refractivity contribution in [2.24, 2.45) is 7.05 Å². The Balaban J connectivity index is 1.73. The topological polar surface area (TPSA) is 51.9 Å². The van der Waals surface area contributed by atoms with Crippen LogP contribution in [0, 0.1) is 0 Å². The minimum absolute atomic E-state index is 0.0323. The maximum absolute atomic E-state index is 12.4. The van der Waals surface area contributed by atoms with Crippen molar-refractivity contribution in [1.82, 2.24) is 14.3 Å². The molecule has 1 atom stereocenters. The SMILES string of the molecule is Cn1cc(NC(=O)C[C@@H](Cn2cccc2)c2ccc(Cl)cc2)cn1. The summed E-state index contributed by atoms with van der Waals surface area (Å²) in [6, 6.07) is 11.6. The zero-order valence-corrected chi connectivity index (χ0v) is 14.1. The normalized spacial score (nSPS) is 12.1. The summed E-state index contributed by atoms with van der Waals surface area (Å²) in [5.74, 6) is 0.0291. The lowest BCUT2D eigenvalue weighted by Gasteiger charge is -2.18. The molecule has 1 N–H and O–H groups in total. The van der Waals surface area contributed by atoms with Gasteiger partial charge in [-0.05, 0) is 29.8 Å². The molecule has 3 aromatic rings. The van der Waals surface area contributed by atoms with Gasteiger partial charge in [0.25, 0.3) is 0 Å². The van der Waals surface area contributed by atoms with Gasteiger partial charge in [-0.1, -0.05) is 23.7 Å². The largest absolute Gasteiger partial charge is 0.354 e. The van der Waals surface area contributed by atoms with Gasteiger partial charge in [0.15, 0.2) is 0 Å². The molecular weight excluding hydrogens is 324 g/mol. The summed E-state index contributed by atoms with van der Waals surface area (Å²) in [5, 5.41) is 7.65. The van der Waals surface area contributed by atoms with Gasteiger partial charge in [-0.3, -0.25) is 9.48 Å². The Labute approximate surface area is 145 Å². The van der Waals surface area contributed by atoms with E-state index in [9.17, 15) is 4.79 Å². The van der Waals surface area contributed by atoms with Crippen molar-refractivity contribution in [2.75, 3.05) is 5.32 Å². The molecule has 0 saturated carbocycles. The second-order valence-corrected chi connectivity index (χ2v) is 6.22. The standard InChI is InChI=1S/C18H19ClN4O/c1-22-13-17(11-20-22)21-18(24)10-15(12-23-8-2-3-9-23)14-4-6-16(19)7-5-14/h2-9,11,13,15H,10,12H2,1H3,(H,21,24)/t15-/m0/s1. The molecular formula is C18H19ClN4O. The third kappa shape index (κ3) is 4.26. The van der Waals surface area contributed by atoms with Gasteiger partial charge >= 0.3 is 0 Å². The van der Waals surface area contributed by atoms with E-state index in [1.165, 1.54) is 0 Å². The highest BCUT2D eigenvalue weighted by atomic mass is 35.5. The van der Waals surface area contributed by atoms with E-state index >= 15 is 0 Å². The van der Waals surface area contributed by atoms with Crippen LogP contribution < -0.4 is 5.32 Å². The van der Waals surface area contributed by atoms with Gasteiger partial charge in [0, 0.05) is 49.5 Å². The van der Waals surface area contributed by atoms with E-state index in [4.69, 9.17) is 11.6 Å². The number of halogens is 1. The molecule has 0 aliphatic carbocycles. The van der Waals surface area contributed by atoms with Crippen molar-refractivity contribution >= 4 is 23.2 Å². The van der Waals surface area contributed by atoms with Crippen molar-refractivity contribution in [2.45, 2.75) is 18.9 Å². The quantitative estimate of drug-likeness (QED) is 0.742. The first-order chi connectivity index (χ1) is 11.6. The smallest absolute Gasteiger partial charge is 0.225 e. The number of hydrogen-bond acceptors (Lipinski definition) is 2. The molecule has 0 saturated heterocycles. The number of anilines is 1. The number of carbonyl (C=O) groups is 1. The molecule has 0 radical (unpaired) electrons. The summed E-state index contributed by atoms with van der Waals surface area (Å²) >= 11 is 5.98. The number of rotatable bonds is 6. The number of aryl methyl sites for hydroxylation is 1. The highest BCUT2D eigenvalue weighted by Crippen LogP contribution is 2.24. The van der Waals surface area contributed by atoms with Crippen LogP contribution in [0.2, 0.25) is 5.02 Å². The van der Waals surface area contributed by atoms with Crippen LogP contribution in [-0.4, -0.2) is 20.3 Å². The second kappa shape index (κ2) is 7.36. The summed E-state index contributed by atoms with van der Waals surface area (Å²) in [4.78, 5) is 12.4. The van der Waals surface area contributed by atoms with E-state index in [0.29, 0.717) is 17.1 Å². The fourth-order valence-electron chi connectivity index (χ4n) is 2.69. The molecule has 0 bridgehead atoms. The first-order valence-corrected chi connectivity index (χ1v) is 8.12. The molecule has 0 aliphatic heterocycles. The van der Waals surface area contributed by atoms with E-state index in [1.807, 2.05) is 55.8 Å². The Hall–Kier alpha value is -2.53. The van der Waals surface area contributed by atoms with Crippen LogP contribution in [0.1, 0.15) is 17.9 Å². The number of benzene rings is 1. The van der Waals surface area contributed by atoms with Gasteiger partial charge in [0.1, 0.15) is 0 Å². The van der Waals surface area contributed by atoms with Crippen molar-refractivity contribution in [3.63, 3.8) is 0 Å². The zero-order chi connectivity index (χ0) is 16.9. The highest BCUT2D eigenvalue weighted by molar-refractivity contribution is 6.30. The average molecular weight is 343 g/mol. The Morgan fingerprint density at radius 1 is 1.25 bits per heavy atom. The minimum atomic E-state index is -0.0323. The van der Waals surface area contributed by atoms with E-state index in [0.717, 1.165) is 12.1 Å². The molecule has 3 rings (SSSR count). The Morgan fingerprint density at radius 2 is 1.96 bits per heavy atom. The molecule has 5 nitrogen and oxygen atoms in total. The fourth-order valence-corrected chi connectivity index (χ4v) is 2.82. The van der Waals surface area contributed by atoms with Gasteiger partial charge in [-0.25, -0.2) is 0 Å². The summed E-state index contributed by atoms with van der Waals surface area (Å²) in [6.07, 6.45) is 7.81. The molecule has 0 spiro atoms. The molecule has 6 heteroatoms. The van der Waals surface area contributed by atoms with Crippen molar-refractivity contribution < 1.29 is 4.79 Å². The Bertz CT molecular complexity index is 793. The van der Waals surface area contributed by atoms with E-state index in [1.54, 1.807) is 17.1 Å². The summed E-state index contributed by atoms with van der Waals surface area (Å²) < 4.78 is 3.74. The third-order valence-electron chi connectivity index (χ3n) is 3.86. The Morgan fingerprint density at radius 3 is 2.58 bits per heavy atom.